The fraction of sp³-hybridized carbons (Fsp3) is 0.167. The molecule has 0 aliphatic rings. The molecule has 0 bridgehead atoms. The van der Waals surface area contributed by atoms with Crippen molar-refractivity contribution in [1.29, 1.82) is 0 Å². The number of rotatable bonds is 5. The van der Waals surface area contributed by atoms with Gasteiger partial charge in [-0.25, -0.2) is 0 Å². The highest BCUT2D eigenvalue weighted by atomic mass is 16.2. The number of nitrogen functional groups attached to an aromatic ring is 1. The Morgan fingerprint density at radius 1 is 1.12 bits per heavy atom. The van der Waals surface area contributed by atoms with Crippen LogP contribution in [0.3, 0.4) is 0 Å². The van der Waals surface area contributed by atoms with Gasteiger partial charge in [0.05, 0.1) is 5.69 Å². The van der Waals surface area contributed by atoms with Crippen molar-refractivity contribution in [2.45, 2.75) is 13.3 Å². The summed E-state index contributed by atoms with van der Waals surface area (Å²) in [4.78, 5) is 12.2. The van der Waals surface area contributed by atoms with Gasteiger partial charge in [-0.3, -0.25) is 4.79 Å². The van der Waals surface area contributed by atoms with E-state index in [0.29, 0.717) is 6.54 Å². The third-order valence-electron chi connectivity index (χ3n) is 3.74. The third kappa shape index (κ3) is 3.43. The van der Waals surface area contributed by atoms with Gasteiger partial charge in [-0.2, -0.15) is 4.68 Å². The summed E-state index contributed by atoms with van der Waals surface area (Å²) in [5, 5.41) is 10.7. The summed E-state index contributed by atoms with van der Waals surface area (Å²) in [6, 6.07) is 17.6. The minimum Gasteiger partial charge on any atom is -0.382 e. The summed E-state index contributed by atoms with van der Waals surface area (Å²) in [7, 11) is 0. The molecule has 122 valence electrons. The Hall–Kier alpha value is -3.15. The van der Waals surface area contributed by atoms with Crippen LogP contribution in [0, 0.1) is 6.92 Å². The average Bonchev–Trinajstić information content (AvgIpc) is 2.98. The van der Waals surface area contributed by atoms with Gasteiger partial charge in [-0.15, -0.1) is 5.10 Å². The summed E-state index contributed by atoms with van der Waals surface area (Å²) < 4.78 is 1.46. The van der Waals surface area contributed by atoms with Gasteiger partial charge in [-0.1, -0.05) is 53.2 Å². The van der Waals surface area contributed by atoms with Gasteiger partial charge in [0.1, 0.15) is 0 Å². The number of anilines is 1. The van der Waals surface area contributed by atoms with E-state index in [1.807, 2.05) is 61.5 Å². The van der Waals surface area contributed by atoms with Crippen LogP contribution < -0.4 is 11.1 Å². The molecule has 0 saturated carbocycles. The predicted octanol–water partition coefficient (Wildman–Crippen LogP) is 2.13. The molecule has 3 N–H and O–H groups in total. The number of hydrogen-bond donors (Lipinski definition) is 2. The zero-order chi connectivity index (χ0) is 16.9. The SMILES string of the molecule is Cc1ccc(-n2nnc(C(=O)NCCc3ccccc3)c2N)cc1. The monoisotopic (exact) mass is 321 g/mol. The van der Waals surface area contributed by atoms with Crippen molar-refractivity contribution < 1.29 is 4.79 Å². The lowest BCUT2D eigenvalue weighted by Crippen LogP contribution is -2.27. The van der Waals surface area contributed by atoms with Crippen molar-refractivity contribution in [3.63, 3.8) is 0 Å². The normalized spacial score (nSPS) is 10.5. The Morgan fingerprint density at radius 2 is 1.83 bits per heavy atom. The minimum atomic E-state index is -0.318. The number of benzene rings is 2. The van der Waals surface area contributed by atoms with E-state index in [1.54, 1.807) is 0 Å². The summed E-state index contributed by atoms with van der Waals surface area (Å²) in [5.74, 6) is -0.0853. The average molecular weight is 321 g/mol. The number of aryl methyl sites for hydroxylation is 1. The first kappa shape index (κ1) is 15.7. The van der Waals surface area contributed by atoms with Crippen molar-refractivity contribution in [3.8, 4) is 5.69 Å². The lowest BCUT2D eigenvalue weighted by Gasteiger charge is -2.05. The molecule has 2 aromatic carbocycles. The smallest absolute Gasteiger partial charge is 0.275 e. The Morgan fingerprint density at radius 3 is 2.54 bits per heavy atom. The predicted molar refractivity (Wildman–Crippen MR) is 93.0 cm³/mol. The fourth-order valence-corrected chi connectivity index (χ4v) is 2.38. The fourth-order valence-electron chi connectivity index (χ4n) is 2.38. The Bertz CT molecular complexity index is 824. The van der Waals surface area contributed by atoms with Crippen LogP contribution in [0.1, 0.15) is 21.6 Å². The molecule has 0 aliphatic heterocycles. The highest BCUT2D eigenvalue weighted by molar-refractivity contribution is 5.96. The minimum absolute atomic E-state index is 0.142. The van der Waals surface area contributed by atoms with Crippen LogP contribution in [-0.4, -0.2) is 27.4 Å². The first-order chi connectivity index (χ1) is 11.6. The van der Waals surface area contributed by atoms with Crippen LogP contribution >= 0.6 is 0 Å². The lowest BCUT2D eigenvalue weighted by atomic mass is 10.1. The van der Waals surface area contributed by atoms with Gasteiger partial charge in [0.25, 0.3) is 5.91 Å². The van der Waals surface area contributed by atoms with Crippen molar-refractivity contribution in [3.05, 3.63) is 71.4 Å². The van der Waals surface area contributed by atoms with E-state index >= 15 is 0 Å². The molecule has 3 aromatic rings. The third-order valence-corrected chi connectivity index (χ3v) is 3.74. The molecule has 3 rings (SSSR count). The quantitative estimate of drug-likeness (QED) is 0.754. The van der Waals surface area contributed by atoms with E-state index in [0.717, 1.165) is 23.2 Å². The standard InChI is InChI=1S/C18H19N5O/c1-13-7-9-15(10-8-13)23-17(19)16(21-22-23)18(24)20-12-11-14-5-3-2-4-6-14/h2-10H,11-12,19H2,1H3,(H,20,24). The van der Waals surface area contributed by atoms with Gasteiger partial charge in [0.15, 0.2) is 11.5 Å². The first-order valence-electron chi connectivity index (χ1n) is 7.75. The number of carbonyl (C=O) groups is 1. The molecule has 0 atom stereocenters. The van der Waals surface area contributed by atoms with Crippen molar-refractivity contribution in [2.24, 2.45) is 0 Å². The summed E-state index contributed by atoms with van der Waals surface area (Å²) in [6.07, 6.45) is 0.749. The molecule has 1 amide bonds. The van der Waals surface area contributed by atoms with E-state index in [-0.39, 0.29) is 17.4 Å². The Kier molecular flexibility index (Phi) is 4.56. The molecule has 1 aromatic heterocycles. The van der Waals surface area contributed by atoms with Crippen LogP contribution in [0.4, 0.5) is 5.82 Å². The topological polar surface area (TPSA) is 85.8 Å². The highest BCUT2D eigenvalue weighted by Crippen LogP contribution is 2.15. The Labute approximate surface area is 140 Å². The van der Waals surface area contributed by atoms with E-state index in [2.05, 4.69) is 15.6 Å². The maximum absolute atomic E-state index is 12.2. The molecular weight excluding hydrogens is 302 g/mol. The first-order valence-corrected chi connectivity index (χ1v) is 7.75. The number of hydrogen-bond acceptors (Lipinski definition) is 4. The number of nitrogens with one attached hydrogen (secondary N) is 1. The van der Waals surface area contributed by atoms with E-state index in [1.165, 1.54) is 4.68 Å². The zero-order valence-corrected chi connectivity index (χ0v) is 13.4. The molecule has 0 radical (unpaired) electrons. The number of amides is 1. The van der Waals surface area contributed by atoms with Crippen LogP contribution in [0.5, 0.6) is 0 Å². The second-order valence-corrected chi connectivity index (χ2v) is 5.56. The second kappa shape index (κ2) is 6.95. The lowest BCUT2D eigenvalue weighted by molar-refractivity contribution is 0.0950. The van der Waals surface area contributed by atoms with Gasteiger partial charge in [0.2, 0.25) is 0 Å². The van der Waals surface area contributed by atoms with Crippen molar-refractivity contribution >= 4 is 11.7 Å². The summed E-state index contributed by atoms with van der Waals surface area (Å²) >= 11 is 0. The van der Waals surface area contributed by atoms with Gasteiger partial charge < -0.3 is 11.1 Å². The molecule has 0 spiro atoms. The van der Waals surface area contributed by atoms with Crippen molar-refractivity contribution in [1.82, 2.24) is 20.3 Å². The van der Waals surface area contributed by atoms with Crippen LogP contribution in [-0.2, 0) is 6.42 Å². The van der Waals surface area contributed by atoms with Crippen molar-refractivity contribution in [2.75, 3.05) is 12.3 Å². The van der Waals surface area contributed by atoms with Crippen LogP contribution in [0.15, 0.2) is 54.6 Å². The Balaban J connectivity index is 1.66. The number of nitrogens with two attached hydrogens (primary N) is 1. The van der Waals surface area contributed by atoms with E-state index in [4.69, 9.17) is 5.73 Å². The van der Waals surface area contributed by atoms with Gasteiger partial charge in [-0.05, 0) is 31.0 Å². The molecule has 0 unspecified atom stereocenters. The second-order valence-electron chi connectivity index (χ2n) is 5.56. The van der Waals surface area contributed by atoms with Gasteiger partial charge >= 0.3 is 0 Å². The van der Waals surface area contributed by atoms with E-state index < -0.39 is 0 Å². The highest BCUT2D eigenvalue weighted by Gasteiger charge is 2.17. The molecule has 0 aliphatic carbocycles. The number of aromatic nitrogens is 3. The molecule has 24 heavy (non-hydrogen) atoms. The maximum atomic E-state index is 12.2. The molecule has 6 nitrogen and oxygen atoms in total. The molecule has 1 heterocycles. The maximum Gasteiger partial charge on any atom is 0.275 e. The van der Waals surface area contributed by atoms with E-state index in [9.17, 15) is 4.79 Å². The van der Waals surface area contributed by atoms with Crippen LogP contribution in [0.25, 0.3) is 5.69 Å². The number of nitrogens with zero attached hydrogens (tertiary/aromatic N) is 3. The molecular formula is C18H19N5O. The summed E-state index contributed by atoms with van der Waals surface area (Å²) in [5.41, 5.74) is 9.25. The molecule has 6 heteroatoms. The number of carbonyl (C=O) groups excluding carboxylic acids is 1. The van der Waals surface area contributed by atoms with Gasteiger partial charge in [0, 0.05) is 6.54 Å². The zero-order valence-electron chi connectivity index (χ0n) is 13.4. The summed E-state index contributed by atoms with van der Waals surface area (Å²) in [6.45, 7) is 2.51. The molecule has 0 saturated heterocycles. The molecule has 0 fully saturated rings. The van der Waals surface area contributed by atoms with Crippen LogP contribution in [0.2, 0.25) is 0 Å². The largest absolute Gasteiger partial charge is 0.382 e.